The smallest absolute Gasteiger partial charge is 0.374 e. The molecular weight excluding hydrogens is 344 g/mol. The summed E-state index contributed by atoms with van der Waals surface area (Å²) in [6.07, 6.45) is -13.9. The highest BCUT2D eigenvalue weighted by molar-refractivity contribution is 6.20. The first-order valence-electron chi connectivity index (χ1n) is 5.54. The molecule has 11 heteroatoms. The molecule has 0 saturated carbocycles. The van der Waals surface area contributed by atoms with E-state index in [0.29, 0.717) is 0 Å². The molecule has 1 aromatic rings. The largest absolute Gasteiger partial charge is 0.426 e. The zero-order valence-electron chi connectivity index (χ0n) is 10.5. The second-order valence-corrected chi connectivity index (χ2v) is 4.91. The highest BCUT2D eigenvalue weighted by atomic mass is 35.5. The average molecular weight is 352 g/mol. The highest BCUT2D eigenvalue weighted by Crippen LogP contribution is 2.49. The van der Waals surface area contributed by atoms with Crippen molar-refractivity contribution >= 4 is 17.3 Å². The van der Waals surface area contributed by atoms with Crippen molar-refractivity contribution in [2.24, 2.45) is 0 Å². The Morgan fingerprint density at radius 2 is 1.68 bits per heavy atom. The van der Waals surface area contributed by atoms with Crippen LogP contribution >= 0.6 is 11.6 Å². The lowest BCUT2D eigenvalue weighted by molar-refractivity contribution is -0.384. The molecule has 0 aliphatic carbocycles. The van der Waals surface area contributed by atoms with Gasteiger partial charge in [-0.25, -0.2) is 0 Å². The van der Waals surface area contributed by atoms with Crippen LogP contribution in [-0.4, -0.2) is 28.0 Å². The number of rotatable bonds is 4. The SMILES string of the molecule is O=[N+]([O-])c1cccc([C@@H](Cl)CC(O)(C(F)(F)F)C(F)(F)F)c1. The van der Waals surface area contributed by atoms with E-state index in [1.165, 1.54) is 0 Å². The summed E-state index contributed by atoms with van der Waals surface area (Å²) in [7, 11) is 0. The van der Waals surface area contributed by atoms with Crippen LogP contribution in [0.3, 0.4) is 0 Å². The maximum atomic E-state index is 12.5. The molecular formula is C11H8ClF6NO3. The number of hydrogen-bond donors (Lipinski definition) is 1. The summed E-state index contributed by atoms with van der Waals surface area (Å²) in [5.74, 6) is 0. The van der Waals surface area contributed by atoms with Crippen LogP contribution in [0.25, 0.3) is 0 Å². The molecule has 1 atom stereocenters. The minimum atomic E-state index is -6.00. The fraction of sp³-hybridized carbons (Fsp3) is 0.455. The Morgan fingerprint density at radius 1 is 1.18 bits per heavy atom. The molecule has 4 nitrogen and oxygen atoms in total. The number of benzene rings is 1. The van der Waals surface area contributed by atoms with Gasteiger partial charge in [-0.1, -0.05) is 12.1 Å². The zero-order chi connectivity index (χ0) is 17.3. The lowest BCUT2D eigenvalue weighted by atomic mass is 9.93. The first-order valence-corrected chi connectivity index (χ1v) is 5.97. The predicted molar refractivity (Wildman–Crippen MR) is 63.4 cm³/mol. The maximum Gasteiger partial charge on any atom is 0.426 e. The van der Waals surface area contributed by atoms with Crippen molar-refractivity contribution in [3.05, 3.63) is 39.9 Å². The Kier molecular flexibility index (Phi) is 4.98. The lowest BCUT2D eigenvalue weighted by Crippen LogP contribution is -2.57. The van der Waals surface area contributed by atoms with E-state index in [1.807, 2.05) is 0 Å². The van der Waals surface area contributed by atoms with E-state index < -0.39 is 40.4 Å². The van der Waals surface area contributed by atoms with Crippen LogP contribution in [0.1, 0.15) is 17.4 Å². The van der Waals surface area contributed by atoms with E-state index in [-0.39, 0.29) is 5.56 Å². The van der Waals surface area contributed by atoms with E-state index in [9.17, 15) is 36.5 Å². The number of hydrogen-bond acceptors (Lipinski definition) is 3. The fourth-order valence-electron chi connectivity index (χ4n) is 1.60. The van der Waals surface area contributed by atoms with Crippen LogP contribution < -0.4 is 0 Å². The van der Waals surface area contributed by atoms with Crippen LogP contribution in [0.15, 0.2) is 24.3 Å². The number of halogens is 7. The molecule has 0 radical (unpaired) electrons. The van der Waals surface area contributed by atoms with Gasteiger partial charge in [0.25, 0.3) is 11.3 Å². The van der Waals surface area contributed by atoms with Crippen LogP contribution in [-0.2, 0) is 0 Å². The maximum absolute atomic E-state index is 12.5. The molecule has 1 aromatic carbocycles. The van der Waals surface area contributed by atoms with E-state index in [1.54, 1.807) is 0 Å². The van der Waals surface area contributed by atoms with Crippen LogP contribution in [0.2, 0.25) is 0 Å². The van der Waals surface area contributed by atoms with Gasteiger partial charge in [-0.2, -0.15) is 26.3 Å². The first kappa shape index (κ1) is 18.5. The summed E-state index contributed by atoms with van der Waals surface area (Å²) in [6, 6.07) is 3.82. The molecule has 0 unspecified atom stereocenters. The van der Waals surface area contributed by atoms with Crippen molar-refractivity contribution in [1.29, 1.82) is 0 Å². The van der Waals surface area contributed by atoms with Gasteiger partial charge in [0, 0.05) is 18.6 Å². The van der Waals surface area contributed by atoms with Crippen LogP contribution in [0.5, 0.6) is 0 Å². The van der Waals surface area contributed by atoms with Gasteiger partial charge in [0.2, 0.25) is 0 Å². The van der Waals surface area contributed by atoms with E-state index in [2.05, 4.69) is 0 Å². The predicted octanol–water partition coefficient (Wildman–Crippen LogP) is 4.12. The Morgan fingerprint density at radius 3 is 2.09 bits per heavy atom. The van der Waals surface area contributed by atoms with Crippen molar-refractivity contribution in [2.75, 3.05) is 0 Å². The molecule has 0 heterocycles. The number of nitro groups is 1. The first-order chi connectivity index (χ1) is 9.79. The minimum Gasteiger partial charge on any atom is -0.374 e. The average Bonchev–Trinajstić information content (AvgIpc) is 2.36. The third kappa shape index (κ3) is 3.61. The van der Waals surface area contributed by atoms with Crippen molar-refractivity contribution in [1.82, 2.24) is 0 Å². The molecule has 1 N–H and O–H groups in total. The third-order valence-corrected chi connectivity index (χ3v) is 3.26. The lowest BCUT2D eigenvalue weighted by Gasteiger charge is -2.33. The minimum absolute atomic E-state index is 0.345. The summed E-state index contributed by atoms with van der Waals surface area (Å²) in [5.41, 5.74) is -5.91. The third-order valence-electron chi connectivity index (χ3n) is 2.86. The summed E-state index contributed by atoms with van der Waals surface area (Å²) >= 11 is 5.50. The van der Waals surface area contributed by atoms with E-state index >= 15 is 0 Å². The van der Waals surface area contributed by atoms with Crippen molar-refractivity contribution < 1.29 is 36.4 Å². The Bertz CT molecular complexity index is 545. The monoisotopic (exact) mass is 351 g/mol. The summed E-state index contributed by atoms with van der Waals surface area (Å²) in [5, 5.41) is 17.6. The number of aliphatic hydroxyl groups is 1. The molecule has 0 saturated heterocycles. The molecule has 0 aliphatic rings. The second kappa shape index (κ2) is 5.92. The summed E-state index contributed by atoms with van der Waals surface area (Å²) in [4.78, 5) is 9.65. The van der Waals surface area contributed by atoms with Crippen LogP contribution in [0, 0.1) is 10.1 Å². The molecule has 0 spiro atoms. The quantitative estimate of drug-likeness (QED) is 0.384. The van der Waals surface area contributed by atoms with Gasteiger partial charge in [0.05, 0.1) is 10.3 Å². The van der Waals surface area contributed by atoms with Crippen LogP contribution in [0.4, 0.5) is 32.0 Å². The fourth-order valence-corrected chi connectivity index (χ4v) is 1.96. The molecule has 0 fully saturated rings. The van der Waals surface area contributed by atoms with Gasteiger partial charge in [-0.3, -0.25) is 10.1 Å². The van der Waals surface area contributed by atoms with Gasteiger partial charge >= 0.3 is 12.4 Å². The molecule has 124 valence electrons. The van der Waals surface area contributed by atoms with Gasteiger partial charge < -0.3 is 5.11 Å². The summed E-state index contributed by atoms with van der Waals surface area (Å²) in [6.45, 7) is 0. The molecule has 0 aliphatic heterocycles. The standard InChI is InChI=1S/C11H8ClF6NO3/c12-8(6-2-1-3-7(4-6)19(21)22)5-9(20,10(13,14)15)11(16,17)18/h1-4,8,20H,5H2/t8-/m0/s1. The molecule has 0 amide bonds. The molecule has 0 aromatic heterocycles. The normalized spacial score (nSPS) is 14.7. The highest BCUT2D eigenvalue weighted by Gasteiger charge is 2.70. The van der Waals surface area contributed by atoms with Gasteiger partial charge in [-0.15, -0.1) is 11.6 Å². The topological polar surface area (TPSA) is 63.4 Å². The van der Waals surface area contributed by atoms with Crippen molar-refractivity contribution in [3.63, 3.8) is 0 Å². The zero-order valence-corrected chi connectivity index (χ0v) is 11.2. The van der Waals surface area contributed by atoms with Gasteiger partial charge in [0.15, 0.2) is 0 Å². The van der Waals surface area contributed by atoms with Gasteiger partial charge in [0.1, 0.15) is 0 Å². The Labute approximate surface area is 124 Å². The van der Waals surface area contributed by atoms with Gasteiger partial charge in [-0.05, 0) is 5.56 Å². The number of nitro benzene ring substituents is 1. The molecule has 22 heavy (non-hydrogen) atoms. The summed E-state index contributed by atoms with van der Waals surface area (Å²) < 4.78 is 75.3. The van der Waals surface area contributed by atoms with Crippen molar-refractivity contribution in [2.45, 2.75) is 29.8 Å². The molecule has 0 bridgehead atoms. The number of non-ortho nitro benzene ring substituents is 1. The van der Waals surface area contributed by atoms with E-state index in [0.717, 1.165) is 24.3 Å². The Hall–Kier alpha value is -1.55. The number of alkyl halides is 7. The van der Waals surface area contributed by atoms with Crippen molar-refractivity contribution in [3.8, 4) is 0 Å². The molecule has 1 rings (SSSR count). The van der Waals surface area contributed by atoms with E-state index in [4.69, 9.17) is 16.7 Å². The second-order valence-electron chi connectivity index (χ2n) is 4.38. The number of nitrogens with zero attached hydrogens (tertiary/aromatic N) is 1. The Balaban J connectivity index is 3.15.